The summed E-state index contributed by atoms with van der Waals surface area (Å²) in [7, 11) is 0. The molecular weight excluding hydrogens is 264 g/mol. The molecule has 1 aliphatic carbocycles. The van der Waals surface area contributed by atoms with Crippen molar-refractivity contribution in [2.24, 2.45) is 17.6 Å². The minimum absolute atomic E-state index is 0.0888. The topological polar surface area (TPSA) is 110 Å². The number of carboxylic acids is 1. The first-order chi connectivity index (χ1) is 9.52. The van der Waals surface area contributed by atoms with Crippen LogP contribution in [0.4, 0.5) is 0 Å². The average Bonchev–Trinajstić information content (AvgIpc) is 2.46. The Bertz CT molecular complexity index is 376. The van der Waals surface area contributed by atoms with Crippen LogP contribution in [0.25, 0.3) is 0 Å². The molecule has 2 rings (SSSR count). The lowest BCUT2D eigenvalue weighted by atomic mass is 9.78. The zero-order valence-corrected chi connectivity index (χ0v) is 11.3. The first-order valence-corrected chi connectivity index (χ1v) is 6.92. The zero-order valence-electron chi connectivity index (χ0n) is 11.3. The molecule has 1 aliphatic heterocycles. The summed E-state index contributed by atoms with van der Waals surface area (Å²) in [6.45, 7) is 0.723. The summed E-state index contributed by atoms with van der Waals surface area (Å²) >= 11 is 0. The van der Waals surface area contributed by atoms with E-state index in [0.717, 1.165) is 12.8 Å². The monoisotopic (exact) mass is 284 g/mol. The molecule has 7 heteroatoms. The van der Waals surface area contributed by atoms with Crippen LogP contribution in [0, 0.1) is 11.8 Å². The summed E-state index contributed by atoms with van der Waals surface area (Å²) in [6.07, 6.45) is 2.73. The second-order valence-electron chi connectivity index (χ2n) is 5.36. The summed E-state index contributed by atoms with van der Waals surface area (Å²) in [5.74, 6) is -3.04. The Balaban J connectivity index is 2.14. The summed E-state index contributed by atoms with van der Waals surface area (Å²) in [5.41, 5.74) is 5.29. The maximum Gasteiger partial charge on any atom is 0.307 e. The molecule has 3 N–H and O–H groups in total. The molecule has 3 unspecified atom stereocenters. The van der Waals surface area contributed by atoms with E-state index in [4.69, 9.17) is 10.5 Å². The predicted octanol–water partition coefficient (Wildman–Crippen LogP) is -0.410. The predicted molar refractivity (Wildman–Crippen MR) is 68.6 cm³/mol. The highest BCUT2D eigenvalue weighted by molar-refractivity contribution is 5.90. The van der Waals surface area contributed by atoms with E-state index in [1.165, 1.54) is 4.90 Å². The van der Waals surface area contributed by atoms with E-state index in [9.17, 15) is 19.5 Å². The van der Waals surface area contributed by atoms with Crippen molar-refractivity contribution in [1.29, 1.82) is 0 Å². The van der Waals surface area contributed by atoms with Crippen LogP contribution in [0.15, 0.2) is 0 Å². The van der Waals surface area contributed by atoms with Crippen LogP contribution in [0.1, 0.15) is 25.7 Å². The summed E-state index contributed by atoms with van der Waals surface area (Å²) in [6, 6.07) is -0.785. The van der Waals surface area contributed by atoms with Gasteiger partial charge < -0.3 is 20.5 Å². The Kier molecular flexibility index (Phi) is 4.59. The van der Waals surface area contributed by atoms with Crippen LogP contribution >= 0.6 is 0 Å². The highest BCUT2D eigenvalue weighted by atomic mass is 16.5. The van der Waals surface area contributed by atoms with Crippen molar-refractivity contribution in [3.63, 3.8) is 0 Å². The summed E-state index contributed by atoms with van der Waals surface area (Å²) in [5, 5.41) is 9.24. The van der Waals surface area contributed by atoms with Crippen LogP contribution in [0.2, 0.25) is 0 Å². The first-order valence-electron chi connectivity index (χ1n) is 6.92. The fourth-order valence-electron chi connectivity index (χ4n) is 3.04. The largest absolute Gasteiger partial charge is 0.481 e. The molecule has 112 valence electrons. The van der Waals surface area contributed by atoms with Crippen molar-refractivity contribution in [2.45, 2.75) is 31.7 Å². The van der Waals surface area contributed by atoms with E-state index in [-0.39, 0.29) is 19.1 Å². The van der Waals surface area contributed by atoms with Crippen molar-refractivity contribution in [1.82, 2.24) is 4.90 Å². The second kappa shape index (κ2) is 6.21. The standard InChI is InChI=1S/C13H20N2O5/c14-11(16)10-7-20-6-5-15(10)12(17)8-3-1-2-4-9(8)13(18)19/h8-10H,1-7H2,(H2,14,16)(H,18,19). The number of carbonyl (C=O) groups excluding carboxylic acids is 2. The molecule has 1 heterocycles. The number of carboxylic acid groups (broad SMARTS) is 1. The molecule has 0 aromatic carbocycles. The Morgan fingerprint density at radius 1 is 1.15 bits per heavy atom. The third kappa shape index (κ3) is 2.92. The zero-order chi connectivity index (χ0) is 14.7. The van der Waals surface area contributed by atoms with Gasteiger partial charge in [-0.05, 0) is 12.8 Å². The third-order valence-electron chi connectivity index (χ3n) is 4.14. The van der Waals surface area contributed by atoms with Gasteiger partial charge in [-0.2, -0.15) is 0 Å². The molecule has 7 nitrogen and oxygen atoms in total. The Hall–Kier alpha value is -1.63. The molecule has 1 saturated carbocycles. The van der Waals surface area contributed by atoms with Crippen molar-refractivity contribution >= 4 is 17.8 Å². The minimum Gasteiger partial charge on any atom is -0.481 e. The van der Waals surface area contributed by atoms with E-state index < -0.39 is 29.8 Å². The van der Waals surface area contributed by atoms with Gasteiger partial charge in [0.2, 0.25) is 11.8 Å². The van der Waals surface area contributed by atoms with Crippen LogP contribution in [-0.4, -0.2) is 53.6 Å². The molecule has 2 amide bonds. The Labute approximate surface area is 117 Å². The fourth-order valence-corrected chi connectivity index (χ4v) is 3.04. The molecule has 0 spiro atoms. The van der Waals surface area contributed by atoms with Crippen LogP contribution in [0.3, 0.4) is 0 Å². The smallest absolute Gasteiger partial charge is 0.307 e. The molecule has 2 aliphatic rings. The lowest BCUT2D eigenvalue weighted by Crippen LogP contribution is -2.57. The SMILES string of the molecule is NC(=O)C1COCCN1C(=O)C1CCCCC1C(=O)O. The average molecular weight is 284 g/mol. The molecule has 2 fully saturated rings. The van der Waals surface area contributed by atoms with Crippen LogP contribution in [-0.2, 0) is 19.1 Å². The normalized spacial score (nSPS) is 30.8. The van der Waals surface area contributed by atoms with E-state index in [1.807, 2.05) is 0 Å². The van der Waals surface area contributed by atoms with Gasteiger partial charge in [0, 0.05) is 6.54 Å². The van der Waals surface area contributed by atoms with E-state index in [1.54, 1.807) is 0 Å². The quantitative estimate of drug-likeness (QED) is 0.732. The maximum absolute atomic E-state index is 12.6. The number of primary amides is 1. The van der Waals surface area contributed by atoms with Gasteiger partial charge in [-0.15, -0.1) is 0 Å². The van der Waals surface area contributed by atoms with Crippen molar-refractivity contribution in [2.75, 3.05) is 19.8 Å². The van der Waals surface area contributed by atoms with Gasteiger partial charge in [0.25, 0.3) is 0 Å². The molecule has 0 aromatic rings. The van der Waals surface area contributed by atoms with Crippen molar-refractivity contribution in [3.8, 4) is 0 Å². The number of ether oxygens (including phenoxy) is 1. The number of carbonyl (C=O) groups is 3. The lowest BCUT2D eigenvalue weighted by molar-refractivity contribution is -0.158. The van der Waals surface area contributed by atoms with Gasteiger partial charge in [0.15, 0.2) is 0 Å². The lowest BCUT2D eigenvalue weighted by Gasteiger charge is -2.38. The number of morpholine rings is 1. The number of rotatable bonds is 3. The molecular formula is C13H20N2O5. The number of aliphatic carboxylic acids is 1. The van der Waals surface area contributed by atoms with Gasteiger partial charge >= 0.3 is 5.97 Å². The van der Waals surface area contributed by atoms with Gasteiger partial charge in [-0.3, -0.25) is 14.4 Å². The van der Waals surface area contributed by atoms with Crippen molar-refractivity contribution < 1.29 is 24.2 Å². The first kappa shape index (κ1) is 14.8. The molecule has 0 aromatic heterocycles. The Morgan fingerprint density at radius 2 is 1.80 bits per heavy atom. The molecule has 1 saturated heterocycles. The Morgan fingerprint density at radius 3 is 2.40 bits per heavy atom. The van der Waals surface area contributed by atoms with E-state index in [0.29, 0.717) is 19.4 Å². The number of hydrogen-bond acceptors (Lipinski definition) is 4. The van der Waals surface area contributed by atoms with Gasteiger partial charge in [0.05, 0.1) is 25.0 Å². The minimum atomic E-state index is -0.938. The van der Waals surface area contributed by atoms with Gasteiger partial charge in [0.1, 0.15) is 6.04 Å². The highest BCUT2D eigenvalue weighted by Gasteiger charge is 2.41. The van der Waals surface area contributed by atoms with Gasteiger partial charge in [-0.1, -0.05) is 12.8 Å². The van der Waals surface area contributed by atoms with E-state index >= 15 is 0 Å². The fraction of sp³-hybridized carbons (Fsp3) is 0.769. The molecule has 3 atom stereocenters. The van der Waals surface area contributed by atoms with Crippen LogP contribution < -0.4 is 5.73 Å². The summed E-state index contributed by atoms with van der Waals surface area (Å²) < 4.78 is 5.17. The third-order valence-corrected chi connectivity index (χ3v) is 4.14. The number of nitrogens with zero attached hydrogens (tertiary/aromatic N) is 1. The number of hydrogen-bond donors (Lipinski definition) is 2. The van der Waals surface area contributed by atoms with Gasteiger partial charge in [-0.25, -0.2) is 0 Å². The molecule has 0 bridgehead atoms. The number of amides is 2. The summed E-state index contributed by atoms with van der Waals surface area (Å²) in [4.78, 5) is 36.7. The maximum atomic E-state index is 12.6. The number of nitrogens with two attached hydrogens (primary N) is 1. The van der Waals surface area contributed by atoms with E-state index in [2.05, 4.69) is 0 Å². The van der Waals surface area contributed by atoms with Crippen LogP contribution in [0.5, 0.6) is 0 Å². The molecule has 0 radical (unpaired) electrons. The van der Waals surface area contributed by atoms with Crippen molar-refractivity contribution in [3.05, 3.63) is 0 Å². The highest BCUT2D eigenvalue weighted by Crippen LogP contribution is 2.32. The molecule has 20 heavy (non-hydrogen) atoms. The second-order valence-corrected chi connectivity index (χ2v) is 5.36.